The zero-order valence-electron chi connectivity index (χ0n) is 24.1. The summed E-state index contributed by atoms with van der Waals surface area (Å²) in [6, 6.07) is 14.8. The number of benzene rings is 2. The summed E-state index contributed by atoms with van der Waals surface area (Å²) >= 11 is 2.33. The molecule has 2 aromatic rings. The molecule has 2 aromatic carbocycles. The van der Waals surface area contributed by atoms with E-state index in [1.54, 1.807) is 27.7 Å². The van der Waals surface area contributed by atoms with Crippen LogP contribution in [0.4, 0.5) is 0 Å². The maximum Gasteiger partial charge on any atom is 0.344 e. The smallest absolute Gasteiger partial charge is 0.344 e. The molecule has 0 saturated carbocycles. The van der Waals surface area contributed by atoms with Crippen LogP contribution in [0.1, 0.15) is 38.8 Å². The quantitative estimate of drug-likeness (QED) is 0.260. The number of hydrogen-bond donors (Lipinski definition) is 0. The predicted molar refractivity (Wildman–Crippen MR) is 160 cm³/mol. The number of fused-ring (bicyclic) bond motifs is 2. The lowest BCUT2D eigenvalue weighted by Gasteiger charge is -2.43. The highest BCUT2D eigenvalue weighted by Gasteiger charge is 2.62. The fourth-order valence-electron chi connectivity index (χ4n) is 5.27. The molecule has 0 amide bonds. The van der Waals surface area contributed by atoms with Gasteiger partial charge < -0.3 is 18.9 Å². The molecule has 4 rings (SSSR count). The lowest BCUT2D eigenvalue weighted by Crippen LogP contribution is -2.54. The summed E-state index contributed by atoms with van der Waals surface area (Å²) in [6.07, 6.45) is 3.00. The van der Waals surface area contributed by atoms with E-state index in [0.717, 1.165) is 20.9 Å². The van der Waals surface area contributed by atoms with Crippen molar-refractivity contribution in [3.8, 4) is 0 Å². The molecule has 0 fully saturated rings. The molecule has 0 bridgehead atoms. The van der Waals surface area contributed by atoms with E-state index in [1.807, 2.05) is 48.5 Å². The van der Waals surface area contributed by atoms with Gasteiger partial charge in [-0.2, -0.15) is 0 Å². The molecule has 0 unspecified atom stereocenters. The van der Waals surface area contributed by atoms with E-state index < -0.39 is 34.7 Å². The minimum Gasteiger partial charge on any atom is -0.465 e. The third-order valence-corrected chi connectivity index (χ3v) is 9.35. The summed E-state index contributed by atoms with van der Waals surface area (Å²) in [5.41, 5.74) is -2.17. The molecule has 0 saturated heterocycles. The number of carbonyl (C=O) groups excluding carboxylic acids is 4. The van der Waals surface area contributed by atoms with Crippen molar-refractivity contribution < 1.29 is 38.1 Å². The van der Waals surface area contributed by atoms with E-state index in [1.165, 1.54) is 35.7 Å². The Hall–Kier alpha value is -3.50. The van der Waals surface area contributed by atoms with Crippen molar-refractivity contribution in [3.63, 3.8) is 0 Å². The second-order valence-corrected chi connectivity index (χ2v) is 11.8. The third kappa shape index (κ3) is 6.01. The molecule has 0 spiro atoms. The maximum atomic E-state index is 14.5. The standard InChI is InChI=1S/C32H34O8S2/c1-5-37-27(33)25-19-31(29(35)39-7-3,17-21-13-9-11-15-23(21)41-25)32(30(36)40-8-4)18-22-14-10-12-16-24(22)42-26(20-32)28(34)38-6-2/h9-16,19-20H,5-8,17-18H2,1-4H3/t31-,32+. The summed E-state index contributed by atoms with van der Waals surface area (Å²) < 4.78 is 22.2. The Labute approximate surface area is 254 Å². The number of hydrogen-bond acceptors (Lipinski definition) is 10. The van der Waals surface area contributed by atoms with Crippen molar-refractivity contribution in [1.29, 1.82) is 0 Å². The fraction of sp³-hybridized carbons (Fsp3) is 0.375. The van der Waals surface area contributed by atoms with Gasteiger partial charge in [-0.15, -0.1) is 0 Å². The summed E-state index contributed by atoms with van der Waals surface area (Å²) in [7, 11) is 0. The predicted octanol–water partition coefficient (Wildman–Crippen LogP) is 5.68. The van der Waals surface area contributed by atoms with E-state index >= 15 is 0 Å². The average molecular weight is 611 g/mol. The van der Waals surface area contributed by atoms with E-state index in [-0.39, 0.29) is 49.1 Å². The van der Waals surface area contributed by atoms with Crippen LogP contribution in [0.15, 0.2) is 80.3 Å². The Kier molecular flexibility index (Phi) is 10.2. The van der Waals surface area contributed by atoms with Crippen LogP contribution in [0.5, 0.6) is 0 Å². The van der Waals surface area contributed by atoms with Crippen LogP contribution in [-0.4, -0.2) is 50.3 Å². The highest BCUT2D eigenvalue weighted by Crippen LogP contribution is 2.56. The van der Waals surface area contributed by atoms with Crippen LogP contribution in [0.3, 0.4) is 0 Å². The summed E-state index contributed by atoms with van der Waals surface area (Å²) in [5, 5.41) is 0. The first-order valence-corrected chi connectivity index (χ1v) is 15.5. The van der Waals surface area contributed by atoms with Crippen LogP contribution in [0.2, 0.25) is 0 Å². The van der Waals surface area contributed by atoms with Gasteiger partial charge in [0.2, 0.25) is 0 Å². The minimum atomic E-state index is -1.81. The highest BCUT2D eigenvalue weighted by molar-refractivity contribution is 8.04. The lowest BCUT2D eigenvalue weighted by atomic mass is 9.57. The Morgan fingerprint density at radius 1 is 0.595 bits per heavy atom. The zero-order valence-corrected chi connectivity index (χ0v) is 25.7. The molecular weight excluding hydrogens is 576 g/mol. The second kappa shape index (κ2) is 13.6. The Balaban J connectivity index is 2.15. The maximum absolute atomic E-state index is 14.5. The first-order valence-electron chi connectivity index (χ1n) is 13.9. The third-order valence-electron chi connectivity index (χ3n) is 7.11. The lowest BCUT2D eigenvalue weighted by molar-refractivity contribution is -0.172. The van der Waals surface area contributed by atoms with E-state index in [4.69, 9.17) is 18.9 Å². The van der Waals surface area contributed by atoms with Gasteiger partial charge in [0.15, 0.2) is 0 Å². The SMILES string of the molecule is CCOC(=O)C1=C[C@](C(=O)OCC)([C@]2(C(=O)OCC)C=C(C(=O)OCC)Sc3ccccc3C2)Cc2ccccc2S1. The highest BCUT2D eigenvalue weighted by atomic mass is 32.2. The summed E-state index contributed by atoms with van der Waals surface area (Å²) in [6.45, 7) is 7.02. The van der Waals surface area contributed by atoms with Gasteiger partial charge in [-0.25, -0.2) is 9.59 Å². The van der Waals surface area contributed by atoms with E-state index in [0.29, 0.717) is 0 Å². The summed E-state index contributed by atoms with van der Waals surface area (Å²) in [5.74, 6) is -2.71. The second-order valence-electron chi connectivity index (χ2n) is 9.61. The Bertz CT molecular complexity index is 1320. The van der Waals surface area contributed by atoms with Crippen LogP contribution >= 0.6 is 23.5 Å². The van der Waals surface area contributed by atoms with Crippen LogP contribution in [-0.2, 0) is 51.0 Å². The molecule has 2 heterocycles. The molecule has 0 radical (unpaired) electrons. The molecule has 2 atom stereocenters. The molecule has 10 heteroatoms. The van der Waals surface area contributed by atoms with Gasteiger partial charge in [0.05, 0.1) is 36.2 Å². The van der Waals surface area contributed by atoms with Gasteiger partial charge in [0.25, 0.3) is 0 Å². The number of carbonyl (C=O) groups is 4. The van der Waals surface area contributed by atoms with Crippen molar-refractivity contribution in [3.05, 3.63) is 81.6 Å². The molecule has 8 nitrogen and oxygen atoms in total. The van der Waals surface area contributed by atoms with Gasteiger partial charge in [-0.3, -0.25) is 9.59 Å². The Morgan fingerprint density at radius 2 is 0.952 bits per heavy atom. The number of ether oxygens (including phenoxy) is 4. The molecular formula is C32H34O8S2. The van der Waals surface area contributed by atoms with Crippen LogP contribution in [0.25, 0.3) is 0 Å². The molecule has 0 aromatic heterocycles. The molecule has 2 aliphatic heterocycles. The van der Waals surface area contributed by atoms with Crippen LogP contribution in [0, 0.1) is 10.8 Å². The first kappa shape index (κ1) is 31.4. The Morgan fingerprint density at radius 3 is 1.31 bits per heavy atom. The van der Waals surface area contributed by atoms with E-state index in [9.17, 15) is 19.2 Å². The molecule has 42 heavy (non-hydrogen) atoms. The first-order chi connectivity index (χ1) is 20.2. The number of thioether (sulfide) groups is 2. The van der Waals surface area contributed by atoms with Crippen LogP contribution < -0.4 is 0 Å². The van der Waals surface area contributed by atoms with Crippen molar-refractivity contribution in [2.24, 2.45) is 10.8 Å². The normalized spacial score (nSPS) is 21.2. The van der Waals surface area contributed by atoms with Crippen molar-refractivity contribution in [2.75, 3.05) is 26.4 Å². The van der Waals surface area contributed by atoms with E-state index in [2.05, 4.69) is 0 Å². The zero-order chi connectivity index (χ0) is 30.3. The topological polar surface area (TPSA) is 105 Å². The summed E-state index contributed by atoms with van der Waals surface area (Å²) in [4.78, 5) is 57.4. The van der Waals surface area contributed by atoms with Gasteiger partial charge in [0.1, 0.15) is 10.8 Å². The van der Waals surface area contributed by atoms with Gasteiger partial charge in [0, 0.05) is 9.79 Å². The largest absolute Gasteiger partial charge is 0.465 e. The minimum absolute atomic E-state index is 0.00380. The molecule has 0 aliphatic carbocycles. The van der Waals surface area contributed by atoms with Crippen molar-refractivity contribution in [1.82, 2.24) is 0 Å². The average Bonchev–Trinajstić information content (AvgIpc) is 3.28. The monoisotopic (exact) mass is 610 g/mol. The van der Waals surface area contributed by atoms with Crippen molar-refractivity contribution >= 4 is 47.4 Å². The van der Waals surface area contributed by atoms with Gasteiger partial charge in [-0.1, -0.05) is 59.9 Å². The van der Waals surface area contributed by atoms with Crippen molar-refractivity contribution in [2.45, 2.75) is 50.3 Å². The van der Waals surface area contributed by atoms with Gasteiger partial charge in [-0.05, 0) is 75.9 Å². The van der Waals surface area contributed by atoms with Gasteiger partial charge >= 0.3 is 23.9 Å². The molecule has 222 valence electrons. The number of esters is 4. The molecule has 2 aliphatic rings. The molecule has 0 N–H and O–H groups in total. The fourth-order valence-corrected chi connectivity index (χ4v) is 7.38. The number of rotatable bonds is 9.